The first-order valence-corrected chi connectivity index (χ1v) is 16.4. The molecule has 0 unspecified atom stereocenters. The van der Waals surface area contributed by atoms with Crippen LogP contribution in [0.15, 0.2) is 103 Å². The SMILES string of the molecule is COC(=O)c1ccc2c(c1)NC(=O)/C2=C(\Nc1ccc(N(CCCN(C)Cc2ccccc2)S(C)(=O)=O)cc1)c1ccccc1. The maximum atomic E-state index is 13.3. The van der Waals surface area contributed by atoms with Crippen molar-refractivity contribution >= 4 is 50.2 Å². The first-order valence-electron chi connectivity index (χ1n) is 14.5. The predicted molar refractivity (Wildman–Crippen MR) is 179 cm³/mol. The number of carbonyl (C=O) groups is 2. The summed E-state index contributed by atoms with van der Waals surface area (Å²) >= 11 is 0. The molecule has 0 aliphatic carbocycles. The van der Waals surface area contributed by atoms with E-state index in [1.807, 2.05) is 55.6 Å². The highest BCUT2D eigenvalue weighted by molar-refractivity contribution is 7.92. The average Bonchev–Trinajstić information content (AvgIpc) is 3.36. The normalized spacial score (nSPS) is 13.6. The Kier molecular flexibility index (Phi) is 9.65. The van der Waals surface area contributed by atoms with Crippen LogP contribution in [0.3, 0.4) is 0 Å². The molecule has 1 heterocycles. The monoisotopic (exact) mass is 624 g/mol. The van der Waals surface area contributed by atoms with Crippen molar-refractivity contribution in [3.8, 4) is 0 Å². The number of rotatable bonds is 12. The molecule has 10 heteroatoms. The number of hydrogen-bond donors (Lipinski definition) is 2. The molecule has 1 aliphatic rings. The lowest BCUT2D eigenvalue weighted by Gasteiger charge is -2.24. The van der Waals surface area contributed by atoms with Gasteiger partial charge in [-0.2, -0.15) is 0 Å². The number of anilines is 3. The molecule has 0 spiro atoms. The molecular formula is C35H36N4O5S. The predicted octanol–water partition coefficient (Wildman–Crippen LogP) is 5.69. The zero-order chi connectivity index (χ0) is 32.0. The van der Waals surface area contributed by atoms with Crippen molar-refractivity contribution < 1.29 is 22.7 Å². The topological polar surface area (TPSA) is 108 Å². The Hall–Kier alpha value is -4.93. The summed E-state index contributed by atoms with van der Waals surface area (Å²) in [7, 11) is -0.185. The number of fused-ring (bicyclic) bond motifs is 1. The van der Waals surface area contributed by atoms with Crippen molar-refractivity contribution in [2.24, 2.45) is 0 Å². The van der Waals surface area contributed by atoms with Crippen molar-refractivity contribution in [2.45, 2.75) is 13.0 Å². The highest BCUT2D eigenvalue weighted by Crippen LogP contribution is 2.38. The Balaban J connectivity index is 1.37. The van der Waals surface area contributed by atoms with Gasteiger partial charge in [-0.15, -0.1) is 0 Å². The van der Waals surface area contributed by atoms with Gasteiger partial charge >= 0.3 is 5.97 Å². The molecule has 0 fully saturated rings. The van der Waals surface area contributed by atoms with Crippen molar-refractivity contribution in [1.82, 2.24) is 4.90 Å². The minimum absolute atomic E-state index is 0.310. The quantitative estimate of drug-likeness (QED) is 0.154. The fourth-order valence-corrected chi connectivity index (χ4v) is 6.32. The lowest BCUT2D eigenvalue weighted by atomic mass is 9.99. The molecule has 4 aromatic carbocycles. The van der Waals surface area contributed by atoms with E-state index in [4.69, 9.17) is 4.74 Å². The van der Waals surface area contributed by atoms with Crippen LogP contribution in [0.5, 0.6) is 0 Å². The molecule has 0 atom stereocenters. The van der Waals surface area contributed by atoms with Gasteiger partial charge in [0.05, 0.1) is 41.6 Å². The summed E-state index contributed by atoms with van der Waals surface area (Å²) in [4.78, 5) is 27.5. The van der Waals surface area contributed by atoms with Crippen molar-refractivity contribution in [3.63, 3.8) is 0 Å². The van der Waals surface area contributed by atoms with Crippen LogP contribution in [0.2, 0.25) is 0 Å². The molecule has 1 amide bonds. The third-order valence-corrected chi connectivity index (χ3v) is 8.71. The van der Waals surface area contributed by atoms with Crippen molar-refractivity contribution in [2.75, 3.05) is 48.4 Å². The molecule has 2 N–H and O–H groups in total. The average molecular weight is 625 g/mol. The Labute approximate surface area is 264 Å². The van der Waals surface area contributed by atoms with E-state index >= 15 is 0 Å². The van der Waals surface area contributed by atoms with E-state index in [-0.39, 0.29) is 5.91 Å². The third kappa shape index (κ3) is 7.60. The van der Waals surface area contributed by atoms with Crippen molar-refractivity contribution in [3.05, 3.63) is 125 Å². The molecule has 0 saturated heterocycles. The number of carbonyl (C=O) groups excluding carboxylic acids is 2. The van der Waals surface area contributed by atoms with Crippen molar-refractivity contribution in [1.29, 1.82) is 0 Å². The summed E-state index contributed by atoms with van der Waals surface area (Å²) in [5.74, 6) is -0.802. The highest BCUT2D eigenvalue weighted by atomic mass is 32.2. The molecule has 4 aromatic rings. The minimum atomic E-state index is -3.52. The number of esters is 1. The third-order valence-electron chi connectivity index (χ3n) is 7.52. The van der Waals surface area contributed by atoms with Crippen LogP contribution >= 0.6 is 0 Å². The number of hydrogen-bond acceptors (Lipinski definition) is 7. The smallest absolute Gasteiger partial charge is 0.337 e. The van der Waals surface area contributed by atoms with Crippen LogP contribution in [0, 0.1) is 0 Å². The summed E-state index contributed by atoms with van der Waals surface area (Å²) in [6.07, 6.45) is 1.87. The standard InChI is InChI=1S/C35H36N4O5S/c1-38(24-25-11-6-4-7-12-25)21-10-22-39(45(3,42)43)29-18-16-28(17-19-29)36-33(26-13-8-5-9-14-26)32-30-20-15-27(35(41)44-2)23-31(30)37-34(32)40/h4-9,11-20,23,36H,10,21-22,24H2,1-3H3,(H,37,40)/b33-32-. The number of ether oxygens (including phenoxy) is 1. The molecule has 5 rings (SSSR count). The summed E-state index contributed by atoms with van der Waals surface area (Å²) < 4.78 is 31.8. The Morgan fingerprint density at radius 2 is 1.53 bits per heavy atom. The summed E-state index contributed by atoms with van der Waals surface area (Å²) in [5, 5.41) is 6.26. The number of nitrogens with one attached hydrogen (secondary N) is 2. The van der Waals surface area contributed by atoms with Gasteiger partial charge < -0.3 is 20.3 Å². The van der Waals surface area contributed by atoms with Crippen LogP contribution in [0.4, 0.5) is 17.1 Å². The zero-order valence-electron chi connectivity index (χ0n) is 25.5. The van der Waals surface area contributed by atoms with E-state index < -0.39 is 16.0 Å². The molecule has 0 bridgehead atoms. The molecule has 1 aliphatic heterocycles. The fourth-order valence-electron chi connectivity index (χ4n) is 5.35. The van der Waals surface area contributed by atoms with Gasteiger partial charge in [-0.3, -0.25) is 9.10 Å². The van der Waals surface area contributed by atoms with Crippen LogP contribution in [0.1, 0.15) is 33.5 Å². The van der Waals surface area contributed by atoms with Gasteiger partial charge in [0.2, 0.25) is 10.0 Å². The molecule has 0 radical (unpaired) electrons. The van der Waals surface area contributed by atoms with Gasteiger partial charge in [0.1, 0.15) is 0 Å². The summed E-state index contributed by atoms with van der Waals surface area (Å²) in [5.41, 5.74) is 5.72. The number of amides is 1. The maximum Gasteiger partial charge on any atom is 0.337 e. The van der Waals surface area contributed by atoms with E-state index in [0.717, 1.165) is 18.7 Å². The first kappa shape index (κ1) is 31.5. The Bertz CT molecular complexity index is 1810. The van der Waals surface area contributed by atoms with E-state index in [9.17, 15) is 18.0 Å². The van der Waals surface area contributed by atoms with Crippen LogP contribution < -0.4 is 14.9 Å². The molecular weight excluding hydrogens is 588 g/mol. The first-order chi connectivity index (χ1) is 21.6. The maximum absolute atomic E-state index is 13.3. The van der Waals surface area contributed by atoms with Gasteiger partial charge in [0, 0.05) is 24.3 Å². The lowest BCUT2D eigenvalue weighted by molar-refractivity contribution is -0.110. The molecule has 0 saturated carbocycles. The van der Waals surface area contributed by atoms with Crippen LogP contribution in [-0.4, -0.2) is 58.7 Å². The van der Waals surface area contributed by atoms with Gasteiger partial charge in [-0.05, 0) is 67.5 Å². The Morgan fingerprint density at radius 1 is 0.867 bits per heavy atom. The second-order valence-electron chi connectivity index (χ2n) is 10.9. The number of sulfonamides is 1. The second-order valence-corrected chi connectivity index (χ2v) is 12.8. The lowest BCUT2D eigenvalue weighted by Crippen LogP contribution is -2.33. The largest absolute Gasteiger partial charge is 0.465 e. The number of nitrogens with zero attached hydrogens (tertiary/aromatic N) is 2. The van der Waals surface area contributed by atoms with Crippen LogP contribution in [0.25, 0.3) is 11.3 Å². The van der Waals surface area contributed by atoms with Crippen LogP contribution in [-0.2, 0) is 26.1 Å². The minimum Gasteiger partial charge on any atom is -0.465 e. The van der Waals surface area contributed by atoms with E-state index in [0.29, 0.717) is 52.4 Å². The molecule has 232 valence electrons. The fraction of sp³-hybridized carbons (Fsp3) is 0.200. The van der Waals surface area contributed by atoms with Gasteiger partial charge in [0.15, 0.2) is 0 Å². The van der Waals surface area contributed by atoms with Gasteiger partial charge in [-0.1, -0.05) is 66.7 Å². The zero-order valence-corrected chi connectivity index (χ0v) is 26.3. The number of benzene rings is 4. The highest BCUT2D eigenvalue weighted by Gasteiger charge is 2.29. The molecule has 9 nitrogen and oxygen atoms in total. The summed E-state index contributed by atoms with van der Waals surface area (Å²) in [6.45, 7) is 1.86. The number of methoxy groups -OCH3 is 1. The Morgan fingerprint density at radius 3 is 2.18 bits per heavy atom. The van der Waals surface area contributed by atoms with E-state index in [2.05, 4.69) is 27.7 Å². The van der Waals surface area contributed by atoms with E-state index in [1.165, 1.54) is 23.2 Å². The van der Waals surface area contributed by atoms with E-state index in [1.54, 1.807) is 42.5 Å². The molecule has 45 heavy (non-hydrogen) atoms. The van der Waals surface area contributed by atoms with Gasteiger partial charge in [0.25, 0.3) is 5.91 Å². The summed E-state index contributed by atoms with van der Waals surface area (Å²) in [6, 6.07) is 31.7. The van der Waals surface area contributed by atoms with Gasteiger partial charge in [-0.25, -0.2) is 13.2 Å². The molecule has 0 aromatic heterocycles. The second kappa shape index (κ2) is 13.8.